The van der Waals surface area contributed by atoms with Gasteiger partial charge in [-0.2, -0.15) is 0 Å². The van der Waals surface area contributed by atoms with Crippen molar-refractivity contribution >= 4 is 17.6 Å². The summed E-state index contributed by atoms with van der Waals surface area (Å²) in [6.45, 7) is 6.33. The molecule has 0 amide bonds. The van der Waals surface area contributed by atoms with E-state index in [0.29, 0.717) is 11.1 Å². The van der Waals surface area contributed by atoms with Crippen molar-refractivity contribution in [2.45, 2.75) is 50.3 Å². The number of nitrogens with zero attached hydrogens (tertiary/aromatic N) is 2. The largest absolute Gasteiger partial charge is 0.396 e. The smallest absolute Gasteiger partial charge is 0.132 e. The Balaban J connectivity index is 2.88. The van der Waals surface area contributed by atoms with E-state index in [-0.39, 0.29) is 6.61 Å². The van der Waals surface area contributed by atoms with Crippen LogP contribution in [0.2, 0.25) is 0 Å². The lowest BCUT2D eigenvalue weighted by atomic mass is 10.3. The molecule has 0 aromatic carbocycles. The average Bonchev–Trinajstić information content (AvgIpc) is 2.26. The van der Waals surface area contributed by atoms with E-state index in [2.05, 4.69) is 23.8 Å². The van der Waals surface area contributed by atoms with Gasteiger partial charge in [-0.1, -0.05) is 13.8 Å². The molecule has 0 fully saturated rings. The highest BCUT2D eigenvalue weighted by Crippen LogP contribution is 2.28. The fourth-order valence-corrected chi connectivity index (χ4v) is 2.48. The summed E-state index contributed by atoms with van der Waals surface area (Å²) >= 11 is 1.66. The van der Waals surface area contributed by atoms with Crippen molar-refractivity contribution in [1.82, 2.24) is 9.97 Å². The van der Waals surface area contributed by atoms with E-state index >= 15 is 0 Å². The number of hydrogen-bond donors (Lipinski definition) is 2. The van der Waals surface area contributed by atoms with E-state index in [1.165, 1.54) is 0 Å². The van der Waals surface area contributed by atoms with Gasteiger partial charge in [0.05, 0.1) is 0 Å². The summed E-state index contributed by atoms with van der Waals surface area (Å²) in [6.07, 6.45) is 2.63. The Kier molecular flexibility index (Phi) is 5.71. The molecule has 1 aromatic heterocycles. The first-order valence-electron chi connectivity index (χ1n) is 5.99. The molecule has 0 aliphatic heterocycles. The molecule has 1 rings (SSSR count). The molecule has 17 heavy (non-hydrogen) atoms. The molecule has 0 spiro atoms. The molecule has 0 aliphatic carbocycles. The summed E-state index contributed by atoms with van der Waals surface area (Å²) in [5.41, 5.74) is 6.83. The fourth-order valence-electron chi connectivity index (χ4n) is 1.44. The van der Waals surface area contributed by atoms with Crippen molar-refractivity contribution < 1.29 is 5.11 Å². The molecule has 0 saturated heterocycles. The minimum absolute atomic E-state index is 0.204. The zero-order valence-electron chi connectivity index (χ0n) is 10.7. The summed E-state index contributed by atoms with van der Waals surface area (Å²) in [7, 11) is 0. The Labute approximate surface area is 107 Å². The van der Waals surface area contributed by atoms with Crippen LogP contribution in [0.25, 0.3) is 0 Å². The number of nitrogens with two attached hydrogens (primary N) is 1. The third kappa shape index (κ3) is 4.16. The summed E-state index contributed by atoms with van der Waals surface area (Å²) in [5.74, 6) is 1.39. The maximum absolute atomic E-state index is 8.91. The average molecular weight is 255 g/mol. The zero-order chi connectivity index (χ0) is 12.8. The lowest BCUT2D eigenvalue weighted by Gasteiger charge is -2.13. The van der Waals surface area contributed by atoms with Gasteiger partial charge in [-0.05, 0) is 19.8 Å². The molecule has 0 radical (unpaired) electrons. The van der Waals surface area contributed by atoms with Crippen LogP contribution < -0.4 is 5.73 Å². The van der Waals surface area contributed by atoms with Gasteiger partial charge in [0.1, 0.15) is 16.7 Å². The third-order valence-corrected chi connectivity index (χ3v) is 3.77. The molecular formula is C12H21N3OS. The first-order valence-corrected chi connectivity index (χ1v) is 6.87. The van der Waals surface area contributed by atoms with Gasteiger partial charge in [0.2, 0.25) is 0 Å². The Morgan fingerprint density at radius 2 is 2.12 bits per heavy atom. The normalized spacial score (nSPS) is 12.7. The number of rotatable bonds is 6. The Hall–Kier alpha value is -0.810. The fraction of sp³-hybridized carbons (Fsp3) is 0.667. The molecule has 5 heteroatoms. The SMILES string of the molecule is CCCc1nc(N)c(C)c(SC(C)CCO)n1. The van der Waals surface area contributed by atoms with Crippen LogP contribution >= 0.6 is 11.8 Å². The lowest BCUT2D eigenvalue weighted by Crippen LogP contribution is -2.07. The van der Waals surface area contributed by atoms with E-state index in [1.54, 1.807) is 11.8 Å². The van der Waals surface area contributed by atoms with Crippen LogP contribution in [0.5, 0.6) is 0 Å². The van der Waals surface area contributed by atoms with Crippen molar-refractivity contribution in [2.75, 3.05) is 12.3 Å². The Bertz CT molecular complexity index is 371. The second-order valence-corrected chi connectivity index (χ2v) is 5.57. The molecular weight excluding hydrogens is 234 g/mol. The van der Waals surface area contributed by atoms with Crippen molar-refractivity contribution in [3.8, 4) is 0 Å². The molecule has 0 aliphatic rings. The third-order valence-electron chi connectivity index (χ3n) is 2.51. The number of aromatic nitrogens is 2. The second-order valence-electron chi connectivity index (χ2n) is 4.15. The molecule has 1 heterocycles. The molecule has 4 nitrogen and oxygen atoms in total. The van der Waals surface area contributed by atoms with Gasteiger partial charge in [-0.3, -0.25) is 0 Å². The van der Waals surface area contributed by atoms with Gasteiger partial charge >= 0.3 is 0 Å². The van der Waals surface area contributed by atoms with E-state index in [1.807, 2.05) is 6.92 Å². The minimum atomic E-state index is 0.204. The van der Waals surface area contributed by atoms with E-state index < -0.39 is 0 Å². The van der Waals surface area contributed by atoms with Gasteiger partial charge in [-0.15, -0.1) is 11.8 Å². The number of nitrogen functional groups attached to an aromatic ring is 1. The highest BCUT2D eigenvalue weighted by molar-refractivity contribution is 7.99. The maximum atomic E-state index is 8.91. The first-order chi connectivity index (χ1) is 8.08. The Morgan fingerprint density at radius 1 is 1.41 bits per heavy atom. The molecule has 1 atom stereocenters. The van der Waals surface area contributed by atoms with Crippen LogP contribution in [0.4, 0.5) is 5.82 Å². The summed E-state index contributed by atoms with van der Waals surface area (Å²) in [4.78, 5) is 8.82. The van der Waals surface area contributed by atoms with Crippen molar-refractivity contribution in [1.29, 1.82) is 0 Å². The molecule has 1 unspecified atom stereocenters. The van der Waals surface area contributed by atoms with E-state index in [0.717, 1.165) is 35.7 Å². The lowest BCUT2D eigenvalue weighted by molar-refractivity contribution is 0.289. The predicted molar refractivity (Wildman–Crippen MR) is 72.2 cm³/mol. The van der Waals surface area contributed by atoms with Crippen LogP contribution in [0, 0.1) is 6.92 Å². The van der Waals surface area contributed by atoms with Gasteiger partial charge in [0.15, 0.2) is 0 Å². The summed E-state index contributed by atoms with van der Waals surface area (Å²) in [6, 6.07) is 0. The van der Waals surface area contributed by atoms with Gasteiger partial charge in [-0.25, -0.2) is 9.97 Å². The number of aliphatic hydroxyl groups excluding tert-OH is 1. The van der Waals surface area contributed by atoms with Gasteiger partial charge in [0, 0.05) is 23.8 Å². The molecule has 3 N–H and O–H groups in total. The molecule has 0 saturated carbocycles. The van der Waals surface area contributed by atoms with E-state index in [4.69, 9.17) is 10.8 Å². The first kappa shape index (κ1) is 14.3. The quantitative estimate of drug-likeness (QED) is 0.602. The number of hydrogen-bond acceptors (Lipinski definition) is 5. The highest BCUT2D eigenvalue weighted by Gasteiger charge is 2.12. The zero-order valence-corrected chi connectivity index (χ0v) is 11.5. The van der Waals surface area contributed by atoms with Crippen LogP contribution in [0.1, 0.15) is 38.1 Å². The second kappa shape index (κ2) is 6.81. The highest BCUT2D eigenvalue weighted by atomic mass is 32.2. The van der Waals surface area contributed by atoms with Crippen molar-refractivity contribution in [3.05, 3.63) is 11.4 Å². The van der Waals surface area contributed by atoms with Crippen LogP contribution in [0.3, 0.4) is 0 Å². The summed E-state index contributed by atoms with van der Waals surface area (Å²) in [5, 5.41) is 10.2. The molecule has 0 bridgehead atoms. The minimum Gasteiger partial charge on any atom is -0.396 e. The molecule has 96 valence electrons. The summed E-state index contributed by atoms with van der Waals surface area (Å²) < 4.78 is 0. The number of thioether (sulfide) groups is 1. The number of anilines is 1. The number of aryl methyl sites for hydroxylation is 1. The van der Waals surface area contributed by atoms with Crippen LogP contribution in [-0.4, -0.2) is 26.9 Å². The van der Waals surface area contributed by atoms with Gasteiger partial charge in [0.25, 0.3) is 0 Å². The van der Waals surface area contributed by atoms with E-state index in [9.17, 15) is 0 Å². The Morgan fingerprint density at radius 3 is 2.71 bits per heavy atom. The number of aliphatic hydroxyl groups is 1. The monoisotopic (exact) mass is 255 g/mol. The van der Waals surface area contributed by atoms with Crippen LogP contribution in [0.15, 0.2) is 5.03 Å². The van der Waals surface area contributed by atoms with Crippen molar-refractivity contribution in [2.24, 2.45) is 0 Å². The topological polar surface area (TPSA) is 72.0 Å². The maximum Gasteiger partial charge on any atom is 0.132 e. The molecule has 1 aromatic rings. The standard InChI is InChI=1S/C12H21N3OS/c1-4-5-10-14-11(13)9(3)12(15-10)17-8(2)6-7-16/h8,16H,4-7H2,1-3H3,(H2,13,14,15). The van der Waals surface area contributed by atoms with Crippen LogP contribution in [-0.2, 0) is 6.42 Å². The van der Waals surface area contributed by atoms with Crippen molar-refractivity contribution in [3.63, 3.8) is 0 Å². The predicted octanol–water partition coefficient (Wildman–Crippen LogP) is 2.18. The van der Waals surface area contributed by atoms with Gasteiger partial charge < -0.3 is 10.8 Å².